The van der Waals surface area contributed by atoms with Crippen LogP contribution in [0.15, 0.2) is 0 Å². The van der Waals surface area contributed by atoms with Gasteiger partial charge in [0.15, 0.2) is 0 Å². The van der Waals surface area contributed by atoms with Crippen LogP contribution in [0.3, 0.4) is 0 Å². The van der Waals surface area contributed by atoms with Crippen molar-refractivity contribution in [3.05, 3.63) is 0 Å². The lowest BCUT2D eigenvalue weighted by Crippen LogP contribution is -2.30. The van der Waals surface area contributed by atoms with Gasteiger partial charge in [0.2, 0.25) is 5.91 Å². The van der Waals surface area contributed by atoms with E-state index >= 15 is 0 Å². The van der Waals surface area contributed by atoms with Gasteiger partial charge in [-0.2, -0.15) is 0 Å². The molecule has 0 heterocycles. The normalized spacial score (nSPS) is 22.9. The molecule has 0 saturated heterocycles. The molecular formula is C16H29NO. The van der Waals surface area contributed by atoms with Crippen LogP contribution >= 0.6 is 0 Å². The van der Waals surface area contributed by atoms with Crippen molar-refractivity contribution in [2.75, 3.05) is 6.54 Å². The maximum Gasteiger partial charge on any atom is 0.220 e. The number of carbonyl (C=O) groups excluding carboxylic acids is 1. The topological polar surface area (TPSA) is 29.1 Å². The minimum Gasteiger partial charge on any atom is -0.356 e. The molecule has 0 atom stereocenters. The summed E-state index contributed by atoms with van der Waals surface area (Å²) in [6.07, 6.45) is 15.5. The molecule has 104 valence electrons. The molecular weight excluding hydrogens is 222 g/mol. The predicted molar refractivity (Wildman–Crippen MR) is 75.4 cm³/mol. The van der Waals surface area contributed by atoms with Crippen LogP contribution in [0.4, 0.5) is 0 Å². The average molecular weight is 251 g/mol. The van der Waals surface area contributed by atoms with Gasteiger partial charge in [-0.3, -0.25) is 4.79 Å². The highest BCUT2D eigenvalue weighted by atomic mass is 16.1. The minimum atomic E-state index is 0.297. The summed E-state index contributed by atoms with van der Waals surface area (Å²) >= 11 is 0. The highest BCUT2D eigenvalue weighted by Crippen LogP contribution is 2.27. The molecule has 2 aliphatic rings. The van der Waals surface area contributed by atoms with Gasteiger partial charge in [0.1, 0.15) is 0 Å². The third-order valence-corrected chi connectivity index (χ3v) is 4.82. The largest absolute Gasteiger partial charge is 0.356 e. The maximum absolute atomic E-state index is 11.8. The summed E-state index contributed by atoms with van der Waals surface area (Å²) in [6, 6.07) is 0. The number of nitrogens with one attached hydrogen (secondary N) is 1. The Balaban J connectivity index is 1.54. The fourth-order valence-electron chi connectivity index (χ4n) is 3.55. The summed E-state index contributed by atoms with van der Waals surface area (Å²) < 4.78 is 0. The molecule has 2 nitrogen and oxygen atoms in total. The van der Waals surface area contributed by atoms with Gasteiger partial charge in [-0.1, -0.05) is 51.4 Å². The fourth-order valence-corrected chi connectivity index (χ4v) is 3.55. The molecule has 0 spiro atoms. The lowest BCUT2D eigenvalue weighted by atomic mass is 9.86. The Morgan fingerprint density at radius 3 is 2.00 bits per heavy atom. The molecule has 2 aliphatic carbocycles. The Bertz CT molecular complexity index is 215. The summed E-state index contributed by atoms with van der Waals surface area (Å²) in [7, 11) is 0. The lowest BCUT2D eigenvalue weighted by Gasteiger charge is -2.23. The Hall–Kier alpha value is -0.530. The number of carbonyl (C=O) groups is 1. The van der Waals surface area contributed by atoms with E-state index in [1.165, 1.54) is 64.2 Å². The number of hydrogen-bond donors (Lipinski definition) is 1. The van der Waals surface area contributed by atoms with Gasteiger partial charge in [0.25, 0.3) is 0 Å². The number of rotatable bonds is 5. The molecule has 18 heavy (non-hydrogen) atoms. The third-order valence-electron chi connectivity index (χ3n) is 4.82. The molecule has 0 aromatic carbocycles. The van der Waals surface area contributed by atoms with Gasteiger partial charge in [-0.05, 0) is 31.1 Å². The second-order valence-electron chi connectivity index (χ2n) is 6.35. The Kier molecular flexibility index (Phi) is 6.02. The average Bonchev–Trinajstić information content (AvgIpc) is 2.45. The molecule has 0 aromatic rings. The van der Waals surface area contributed by atoms with Crippen molar-refractivity contribution in [3.8, 4) is 0 Å². The van der Waals surface area contributed by atoms with E-state index in [4.69, 9.17) is 0 Å². The first-order chi connectivity index (χ1) is 8.84. The molecule has 0 aromatic heterocycles. The second-order valence-corrected chi connectivity index (χ2v) is 6.35. The van der Waals surface area contributed by atoms with Crippen molar-refractivity contribution in [3.63, 3.8) is 0 Å². The molecule has 0 unspecified atom stereocenters. The van der Waals surface area contributed by atoms with Gasteiger partial charge in [-0.25, -0.2) is 0 Å². The zero-order valence-corrected chi connectivity index (χ0v) is 11.8. The van der Waals surface area contributed by atoms with Crippen LogP contribution in [0.2, 0.25) is 0 Å². The summed E-state index contributed by atoms with van der Waals surface area (Å²) in [5, 5.41) is 3.15. The van der Waals surface area contributed by atoms with Gasteiger partial charge in [0.05, 0.1) is 0 Å². The first kappa shape index (κ1) is 13.9. The molecule has 0 bridgehead atoms. The zero-order chi connectivity index (χ0) is 12.6. The van der Waals surface area contributed by atoms with Crippen LogP contribution in [-0.4, -0.2) is 12.5 Å². The summed E-state index contributed by atoms with van der Waals surface area (Å²) in [5.74, 6) is 1.89. The number of hydrogen-bond acceptors (Lipinski definition) is 1. The molecule has 1 N–H and O–H groups in total. The first-order valence-corrected chi connectivity index (χ1v) is 8.11. The molecule has 0 radical (unpaired) electrons. The van der Waals surface area contributed by atoms with Gasteiger partial charge < -0.3 is 5.32 Å². The van der Waals surface area contributed by atoms with Crippen LogP contribution in [0.25, 0.3) is 0 Å². The smallest absolute Gasteiger partial charge is 0.220 e. The van der Waals surface area contributed by atoms with Crippen molar-refractivity contribution in [1.82, 2.24) is 5.32 Å². The predicted octanol–water partition coefficient (Wildman–Crippen LogP) is 4.04. The van der Waals surface area contributed by atoms with Gasteiger partial charge in [0, 0.05) is 13.0 Å². The van der Waals surface area contributed by atoms with E-state index in [1.807, 2.05) is 0 Å². The molecule has 0 aliphatic heterocycles. The molecule has 2 rings (SSSR count). The fraction of sp³-hybridized carbons (Fsp3) is 0.938. The van der Waals surface area contributed by atoms with E-state index in [0.717, 1.165) is 31.2 Å². The zero-order valence-electron chi connectivity index (χ0n) is 11.8. The van der Waals surface area contributed by atoms with E-state index in [0.29, 0.717) is 5.91 Å². The highest BCUT2D eigenvalue weighted by Gasteiger charge is 2.16. The lowest BCUT2D eigenvalue weighted by molar-refractivity contribution is -0.121. The van der Waals surface area contributed by atoms with E-state index in [2.05, 4.69) is 5.32 Å². The summed E-state index contributed by atoms with van der Waals surface area (Å²) in [4.78, 5) is 11.8. The third kappa shape index (κ3) is 4.99. The van der Waals surface area contributed by atoms with Crippen LogP contribution in [0.1, 0.15) is 77.0 Å². The van der Waals surface area contributed by atoms with Crippen molar-refractivity contribution < 1.29 is 4.79 Å². The van der Waals surface area contributed by atoms with E-state index in [-0.39, 0.29) is 0 Å². The highest BCUT2D eigenvalue weighted by molar-refractivity contribution is 5.75. The van der Waals surface area contributed by atoms with Crippen molar-refractivity contribution >= 4 is 5.91 Å². The van der Waals surface area contributed by atoms with Crippen molar-refractivity contribution in [2.24, 2.45) is 11.8 Å². The molecule has 2 fully saturated rings. The van der Waals surface area contributed by atoms with Crippen LogP contribution in [-0.2, 0) is 4.79 Å². The summed E-state index contributed by atoms with van der Waals surface area (Å²) in [6.45, 7) is 0.934. The van der Waals surface area contributed by atoms with E-state index < -0.39 is 0 Å². The Morgan fingerprint density at radius 2 is 1.39 bits per heavy atom. The van der Waals surface area contributed by atoms with Gasteiger partial charge in [-0.15, -0.1) is 0 Å². The minimum absolute atomic E-state index is 0.297. The molecule has 2 heteroatoms. The van der Waals surface area contributed by atoms with Gasteiger partial charge >= 0.3 is 0 Å². The quantitative estimate of drug-likeness (QED) is 0.785. The molecule has 1 amide bonds. The second kappa shape index (κ2) is 7.81. The Labute approximate surface area is 112 Å². The van der Waals surface area contributed by atoms with Crippen LogP contribution in [0, 0.1) is 11.8 Å². The molecule has 2 saturated carbocycles. The summed E-state index contributed by atoms with van der Waals surface area (Å²) in [5.41, 5.74) is 0. The van der Waals surface area contributed by atoms with Crippen molar-refractivity contribution in [2.45, 2.75) is 77.0 Å². The SMILES string of the molecule is O=C(CCC1CCCCC1)NCC1CCCCC1. The Morgan fingerprint density at radius 1 is 0.833 bits per heavy atom. The monoisotopic (exact) mass is 251 g/mol. The van der Waals surface area contributed by atoms with Crippen molar-refractivity contribution in [1.29, 1.82) is 0 Å². The van der Waals surface area contributed by atoms with Crippen LogP contribution in [0.5, 0.6) is 0 Å². The van der Waals surface area contributed by atoms with E-state index in [1.54, 1.807) is 0 Å². The number of amides is 1. The first-order valence-electron chi connectivity index (χ1n) is 8.11. The van der Waals surface area contributed by atoms with Crippen LogP contribution < -0.4 is 5.32 Å². The maximum atomic E-state index is 11.8. The standard InChI is InChI=1S/C16H29NO/c18-16(12-11-14-7-3-1-4-8-14)17-13-15-9-5-2-6-10-15/h14-15H,1-13H2,(H,17,18). The van der Waals surface area contributed by atoms with E-state index in [9.17, 15) is 4.79 Å².